The van der Waals surface area contributed by atoms with Gasteiger partial charge in [0.05, 0.1) is 5.41 Å². The van der Waals surface area contributed by atoms with Crippen molar-refractivity contribution in [3.63, 3.8) is 0 Å². The number of fused-ring (bicyclic) bond motifs is 3. The second-order valence-corrected chi connectivity index (χ2v) is 10.7. The Morgan fingerprint density at radius 1 is 1.29 bits per heavy atom. The maximum atomic E-state index is 14.1. The van der Waals surface area contributed by atoms with E-state index in [0.29, 0.717) is 17.1 Å². The summed E-state index contributed by atoms with van der Waals surface area (Å²) in [5, 5.41) is 34.3. The van der Waals surface area contributed by atoms with E-state index in [0.717, 1.165) is 6.42 Å². The van der Waals surface area contributed by atoms with Gasteiger partial charge in [0, 0.05) is 11.5 Å². The highest BCUT2D eigenvalue weighted by molar-refractivity contribution is 5.95. The first kappa shape index (κ1) is 22.4. The van der Waals surface area contributed by atoms with E-state index in [9.17, 15) is 24.9 Å². The van der Waals surface area contributed by atoms with Gasteiger partial charge in [0.2, 0.25) is 0 Å². The van der Waals surface area contributed by atoms with E-state index in [1.807, 2.05) is 6.92 Å². The highest BCUT2D eigenvalue weighted by Gasteiger charge is 2.75. The van der Waals surface area contributed by atoms with Gasteiger partial charge in [-0.15, -0.1) is 0 Å². The normalized spacial score (nSPS) is 45.6. The fraction of sp³-hybridized carbons (Fsp3) is 0.680. The minimum atomic E-state index is -2.10. The fourth-order valence-electron chi connectivity index (χ4n) is 6.80. The van der Waals surface area contributed by atoms with Gasteiger partial charge in [0.15, 0.2) is 5.78 Å². The van der Waals surface area contributed by atoms with Crippen LogP contribution in [0.3, 0.4) is 0 Å². The Hall–Kier alpha value is -1.76. The van der Waals surface area contributed by atoms with Gasteiger partial charge < -0.3 is 20.1 Å². The standard InChI is InChI=1S/C25H34O6/c1-7-12(2)22(29)31-11-15-9-16-18-17(23(18,5)6)8-14(4)24(21(16)28)10-13(3)19(26)25(24,30)20(15)27/h7,9-10,14,16-20,26-27,30H,8,11H2,1-6H3/b12-7-/t14-,16?,17-,18+,19+,20-,24?,25-/m1/s1. The first-order chi connectivity index (χ1) is 14.4. The molecule has 0 aromatic heterocycles. The minimum absolute atomic E-state index is 0.0284. The number of carbonyl (C=O) groups is 2. The molecule has 0 saturated heterocycles. The molecule has 1 spiro atoms. The van der Waals surface area contributed by atoms with Gasteiger partial charge >= 0.3 is 5.97 Å². The van der Waals surface area contributed by atoms with Gasteiger partial charge in [0.25, 0.3) is 0 Å². The van der Waals surface area contributed by atoms with Crippen LogP contribution in [0.5, 0.6) is 0 Å². The zero-order chi connectivity index (χ0) is 23.1. The zero-order valence-corrected chi connectivity index (χ0v) is 19.2. The molecule has 0 aromatic rings. The number of hydrogen-bond donors (Lipinski definition) is 3. The molecule has 2 unspecified atom stereocenters. The third-order valence-electron chi connectivity index (χ3n) is 8.87. The first-order valence-electron chi connectivity index (χ1n) is 11.2. The molecule has 0 radical (unpaired) electrons. The largest absolute Gasteiger partial charge is 0.458 e. The number of rotatable bonds is 3. The van der Waals surface area contributed by atoms with E-state index in [-0.39, 0.29) is 35.2 Å². The van der Waals surface area contributed by atoms with Crippen LogP contribution in [0, 0.1) is 34.5 Å². The second-order valence-electron chi connectivity index (χ2n) is 10.7. The Kier molecular flexibility index (Phi) is 4.97. The van der Waals surface area contributed by atoms with E-state index >= 15 is 0 Å². The maximum Gasteiger partial charge on any atom is 0.333 e. The van der Waals surface area contributed by atoms with Crippen LogP contribution in [0.1, 0.15) is 48.0 Å². The smallest absolute Gasteiger partial charge is 0.333 e. The lowest BCUT2D eigenvalue weighted by Crippen LogP contribution is -2.65. The number of aliphatic hydroxyl groups excluding tert-OH is 2. The molecule has 6 heteroatoms. The van der Waals surface area contributed by atoms with E-state index in [1.54, 1.807) is 39.0 Å². The van der Waals surface area contributed by atoms with Gasteiger partial charge in [-0.05, 0) is 61.5 Å². The number of aliphatic hydroxyl groups is 3. The van der Waals surface area contributed by atoms with Crippen LogP contribution in [0.2, 0.25) is 0 Å². The molecule has 8 atom stereocenters. The highest BCUT2D eigenvalue weighted by atomic mass is 16.5. The quantitative estimate of drug-likeness (QED) is 0.361. The molecule has 3 N–H and O–H groups in total. The average molecular weight is 431 g/mol. The van der Waals surface area contributed by atoms with E-state index in [2.05, 4.69) is 13.8 Å². The van der Waals surface area contributed by atoms with E-state index in [4.69, 9.17) is 4.74 Å². The van der Waals surface area contributed by atoms with Crippen molar-refractivity contribution in [3.8, 4) is 0 Å². The lowest BCUT2D eigenvalue weighted by atomic mass is 9.59. The SMILES string of the molecule is C/C=C(/C)C(=O)OCC1=CC2C(=O)C3(C=C(C)[C@H](O)[C@@]3(O)[C@@H]1O)[C@H](C)C[C@@H]1[C@H]2C1(C)C. The molecule has 4 aliphatic rings. The Morgan fingerprint density at radius 3 is 2.55 bits per heavy atom. The molecule has 2 saturated carbocycles. The summed E-state index contributed by atoms with van der Waals surface area (Å²) < 4.78 is 5.40. The molecule has 31 heavy (non-hydrogen) atoms. The van der Waals surface area contributed by atoms with Crippen molar-refractivity contribution < 1.29 is 29.6 Å². The van der Waals surface area contributed by atoms with Crippen LogP contribution >= 0.6 is 0 Å². The van der Waals surface area contributed by atoms with Crippen LogP contribution in [0.15, 0.2) is 34.9 Å². The number of allylic oxidation sites excluding steroid dienone is 2. The number of ether oxygens (including phenoxy) is 1. The molecule has 170 valence electrons. The monoisotopic (exact) mass is 430 g/mol. The van der Waals surface area contributed by atoms with Gasteiger partial charge in [-0.3, -0.25) is 4.79 Å². The number of esters is 1. The van der Waals surface area contributed by atoms with Crippen LogP contribution in [0.4, 0.5) is 0 Å². The number of carbonyl (C=O) groups excluding carboxylic acids is 2. The molecule has 0 amide bonds. The Morgan fingerprint density at radius 2 is 1.94 bits per heavy atom. The van der Waals surface area contributed by atoms with Crippen LogP contribution in [-0.2, 0) is 14.3 Å². The van der Waals surface area contributed by atoms with Gasteiger partial charge in [0.1, 0.15) is 24.4 Å². The fourth-order valence-corrected chi connectivity index (χ4v) is 6.80. The summed E-state index contributed by atoms with van der Waals surface area (Å²) in [6.07, 6.45) is 2.87. The van der Waals surface area contributed by atoms with Crippen LogP contribution in [0.25, 0.3) is 0 Å². The molecular formula is C25H34O6. The number of Topliss-reactive ketones (excluding diaryl/α,β-unsaturated/α-hetero) is 1. The molecule has 2 fully saturated rings. The van der Waals surface area contributed by atoms with Crippen molar-refractivity contribution in [1.29, 1.82) is 0 Å². The Labute approximate surface area is 183 Å². The first-order valence-corrected chi connectivity index (χ1v) is 11.2. The van der Waals surface area contributed by atoms with Crippen molar-refractivity contribution in [2.24, 2.45) is 34.5 Å². The maximum absolute atomic E-state index is 14.1. The number of ketones is 1. The molecule has 4 aliphatic carbocycles. The molecule has 2 bridgehead atoms. The van der Waals surface area contributed by atoms with Crippen LogP contribution < -0.4 is 0 Å². The van der Waals surface area contributed by atoms with Crippen molar-refractivity contribution in [2.75, 3.05) is 6.61 Å². The van der Waals surface area contributed by atoms with Gasteiger partial charge in [-0.2, -0.15) is 0 Å². The van der Waals surface area contributed by atoms with Gasteiger partial charge in [-0.1, -0.05) is 39.0 Å². The molecule has 0 aromatic carbocycles. The van der Waals surface area contributed by atoms with Crippen molar-refractivity contribution in [1.82, 2.24) is 0 Å². The van der Waals surface area contributed by atoms with Crippen molar-refractivity contribution in [3.05, 3.63) is 34.9 Å². The summed E-state index contributed by atoms with van der Waals surface area (Å²) in [5.74, 6) is -1.04. The summed E-state index contributed by atoms with van der Waals surface area (Å²) in [6, 6.07) is 0. The zero-order valence-electron chi connectivity index (χ0n) is 19.2. The summed E-state index contributed by atoms with van der Waals surface area (Å²) in [4.78, 5) is 26.3. The third-order valence-corrected chi connectivity index (χ3v) is 8.87. The Bertz CT molecular complexity index is 926. The second kappa shape index (κ2) is 6.87. The summed E-state index contributed by atoms with van der Waals surface area (Å²) in [7, 11) is 0. The molecule has 0 heterocycles. The average Bonchev–Trinajstić information content (AvgIpc) is 3.22. The van der Waals surface area contributed by atoms with E-state index in [1.165, 1.54) is 0 Å². The summed E-state index contributed by atoms with van der Waals surface area (Å²) >= 11 is 0. The predicted molar refractivity (Wildman–Crippen MR) is 115 cm³/mol. The molecule has 4 rings (SSSR count). The highest BCUT2D eigenvalue weighted by Crippen LogP contribution is 2.71. The molecule has 6 nitrogen and oxygen atoms in total. The molecule has 0 aliphatic heterocycles. The topological polar surface area (TPSA) is 104 Å². The van der Waals surface area contributed by atoms with Crippen molar-refractivity contribution in [2.45, 2.75) is 65.8 Å². The number of hydrogen-bond acceptors (Lipinski definition) is 6. The summed E-state index contributed by atoms with van der Waals surface area (Å²) in [6.45, 7) is 11.0. The van der Waals surface area contributed by atoms with Gasteiger partial charge in [-0.25, -0.2) is 4.79 Å². The summed E-state index contributed by atoms with van der Waals surface area (Å²) in [5.41, 5.74) is -2.32. The minimum Gasteiger partial charge on any atom is -0.458 e. The Balaban J connectivity index is 1.84. The lowest BCUT2D eigenvalue weighted by Gasteiger charge is -2.48. The molecular weight excluding hydrogens is 396 g/mol. The predicted octanol–water partition coefficient (Wildman–Crippen LogP) is 2.33. The van der Waals surface area contributed by atoms with Crippen molar-refractivity contribution >= 4 is 11.8 Å². The lowest BCUT2D eigenvalue weighted by molar-refractivity contribution is -0.190. The van der Waals surface area contributed by atoms with Crippen LogP contribution in [-0.4, -0.2) is 51.5 Å². The third kappa shape index (κ3) is 2.68. The van der Waals surface area contributed by atoms with E-state index < -0.39 is 35.1 Å².